The fourth-order valence-corrected chi connectivity index (χ4v) is 3.80. The zero-order valence-corrected chi connectivity index (χ0v) is 14.1. The van der Waals surface area contributed by atoms with Gasteiger partial charge in [0.15, 0.2) is 0 Å². The van der Waals surface area contributed by atoms with Gasteiger partial charge < -0.3 is 10.0 Å². The van der Waals surface area contributed by atoms with Crippen LogP contribution in [0, 0.1) is 5.41 Å². The smallest absolute Gasteiger partial charge is 0.407 e. The Morgan fingerprint density at radius 1 is 1.18 bits per heavy atom. The highest BCUT2D eigenvalue weighted by atomic mass is 19.1. The number of alkyl halides is 1. The van der Waals surface area contributed by atoms with Gasteiger partial charge in [-0.2, -0.15) is 0 Å². The Kier molecular flexibility index (Phi) is 5.66. The number of carbonyl (C=O) groups is 1. The van der Waals surface area contributed by atoms with Gasteiger partial charge in [-0.1, -0.05) is 20.8 Å². The summed E-state index contributed by atoms with van der Waals surface area (Å²) in [5.74, 6) is 0. The highest BCUT2D eigenvalue weighted by molar-refractivity contribution is 5.65. The van der Waals surface area contributed by atoms with Crippen LogP contribution in [0.1, 0.15) is 33.6 Å². The van der Waals surface area contributed by atoms with Crippen LogP contribution in [-0.4, -0.2) is 83.9 Å². The molecular weight excluding hydrogens is 285 g/mol. The molecule has 0 aromatic rings. The molecule has 0 aliphatic carbocycles. The summed E-state index contributed by atoms with van der Waals surface area (Å²) in [4.78, 5) is 17.7. The number of rotatable bonds is 3. The van der Waals surface area contributed by atoms with Crippen LogP contribution in [0.5, 0.6) is 0 Å². The number of hydrogen-bond acceptors (Lipinski definition) is 3. The van der Waals surface area contributed by atoms with Gasteiger partial charge in [0.2, 0.25) is 0 Å². The second-order valence-corrected chi connectivity index (χ2v) is 7.60. The maximum atomic E-state index is 12.4. The zero-order valence-electron chi connectivity index (χ0n) is 14.1. The van der Waals surface area contributed by atoms with Gasteiger partial charge >= 0.3 is 6.09 Å². The number of carboxylic acid groups (broad SMARTS) is 1. The third kappa shape index (κ3) is 4.10. The fourth-order valence-electron chi connectivity index (χ4n) is 3.80. The number of nitrogens with zero attached hydrogens (tertiary/aromatic N) is 3. The Bertz CT molecular complexity index is 378. The van der Waals surface area contributed by atoms with E-state index in [2.05, 4.69) is 30.6 Å². The lowest BCUT2D eigenvalue weighted by Crippen LogP contribution is -2.58. The zero-order chi connectivity index (χ0) is 16.3. The lowest BCUT2D eigenvalue weighted by atomic mass is 9.79. The molecule has 22 heavy (non-hydrogen) atoms. The van der Waals surface area contributed by atoms with E-state index in [1.807, 2.05) is 0 Å². The highest BCUT2D eigenvalue weighted by Gasteiger charge is 2.40. The van der Waals surface area contributed by atoms with Crippen LogP contribution in [0.15, 0.2) is 0 Å². The minimum atomic E-state index is -0.800. The Hall–Kier alpha value is -0.880. The molecule has 1 amide bonds. The Labute approximate surface area is 133 Å². The van der Waals surface area contributed by atoms with Crippen LogP contribution in [0.25, 0.3) is 0 Å². The van der Waals surface area contributed by atoms with Crippen molar-refractivity contribution < 1.29 is 14.3 Å². The van der Waals surface area contributed by atoms with Crippen molar-refractivity contribution >= 4 is 6.09 Å². The molecule has 0 saturated carbocycles. The van der Waals surface area contributed by atoms with Crippen molar-refractivity contribution in [1.82, 2.24) is 14.7 Å². The molecule has 2 unspecified atom stereocenters. The predicted molar refractivity (Wildman–Crippen MR) is 85.0 cm³/mol. The van der Waals surface area contributed by atoms with E-state index in [4.69, 9.17) is 0 Å². The van der Waals surface area contributed by atoms with Crippen molar-refractivity contribution in [3.8, 4) is 0 Å². The average molecular weight is 315 g/mol. The fraction of sp³-hybridized carbons (Fsp3) is 0.938. The molecule has 2 aliphatic rings. The molecule has 0 aromatic heterocycles. The van der Waals surface area contributed by atoms with E-state index in [1.54, 1.807) is 4.90 Å². The summed E-state index contributed by atoms with van der Waals surface area (Å²) in [5, 5.41) is 9.43. The minimum Gasteiger partial charge on any atom is -0.465 e. The molecule has 2 saturated heterocycles. The second-order valence-electron chi connectivity index (χ2n) is 7.60. The minimum absolute atomic E-state index is 0.0485. The molecule has 2 fully saturated rings. The van der Waals surface area contributed by atoms with Gasteiger partial charge in [0, 0.05) is 51.4 Å². The SMILES string of the molecule is CC(C)(C)C1CC(N2CCN(CCF)CC2)CCN1C(=O)O. The highest BCUT2D eigenvalue weighted by Crippen LogP contribution is 2.34. The third-order valence-corrected chi connectivity index (χ3v) is 5.14. The molecule has 128 valence electrons. The number of halogens is 1. The van der Waals surface area contributed by atoms with E-state index >= 15 is 0 Å². The van der Waals surface area contributed by atoms with E-state index in [1.165, 1.54) is 0 Å². The van der Waals surface area contributed by atoms with E-state index in [0.717, 1.165) is 39.0 Å². The Morgan fingerprint density at radius 3 is 2.32 bits per heavy atom. The molecule has 1 N–H and O–H groups in total. The number of amides is 1. The van der Waals surface area contributed by atoms with Gasteiger partial charge in [-0.05, 0) is 18.3 Å². The summed E-state index contributed by atoms with van der Waals surface area (Å²) in [7, 11) is 0. The first-order chi connectivity index (χ1) is 10.3. The first-order valence-corrected chi connectivity index (χ1v) is 8.35. The quantitative estimate of drug-likeness (QED) is 0.867. The van der Waals surface area contributed by atoms with Crippen molar-refractivity contribution in [1.29, 1.82) is 0 Å². The van der Waals surface area contributed by atoms with Crippen molar-refractivity contribution in [2.75, 3.05) is 45.9 Å². The molecule has 5 nitrogen and oxygen atoms in total. The summed E-state index contributed by atoms with van der Waals surface area (Å²) in [6.45, 7) is 11.0. The van der Waals surface area contributed by atoms with Gasteiger partial charge in [-0.15, -0.1) is 0 Å². The first-order valence-electron chi connectivity index (χ1n) is 8.35. The normalized spacial score (nSPS) is 28.8. The summed E-state index contributed by atoms with van der Waals surface area (Å²) in [5.41, 5.74) is -0.0485. The van der Waals surface area contributed by atoms with Gasteiger partial charge in [0.05, 0.1) is 0 Å². The van der Waals surface area contributed by atoms with Crippen LogP contribution in [0.4, 0.5) is 9.18 Å². The molecule has 6 heteroatoms. The van der Waals surface area contributed by atoms with E-state index < -0.39 is 6.09 Å². The summed E-state index contributed by atoms with van der Waals surface area (Å²) >= 11 is 0. The van der Waals surface area contributed by atoms with Crippen LogP contribution >= 0.6 is 0 Å². The van der Waals surface area contributed by atoms with Crippen molar-refractivity contribution in [2.24, 2.45) is 5.41 Å². The largest absolute Gasteiger partial charge is 0.465 e. The van der Waals surface area contributed by atoms with Gasteiger partial charge in [0.25, 0.3) is 0 Å². The molecule has 2 aliphatic heterocycles. The van der Waals surface area contributed by atoms with E-state index in [0.29, 0.717) is 19.1 Å². The van der Waals surface area contributed by atoms with Gasteiger partial charge in [-0.25, -0.2) is 9.18 Å². The third-order valence-electron chi connectivity index (χ3n) is 5.14. The Morgan fingerprint density at radius 2 is 1.82 bits per heavy atom. The summed E-state index contributed by atoms with van der Waals surface area (Å²) in [6.07, 6.45) is 1.01. The molecule has 0 aromatic carbocycles. The molecule has 2 rings (SSSR count). The molecule has 0 bridgehead atoms. The topological polar surface area (TPSA) is 47.0 Å². The molecular formula is C16H30FN3O2. The summed E-state index contributed by atoms with van der Waals surface area (Å²) in [6, 6.07) is 0.514. The van der Waals surface area contributed by atoms with Gasteiger partial charge in [0.1, 0.15) is 6.67 Å². The first kappa shape index (κ1) is 17.5. The Balaban J connectivity index is 1.95. The standard InChI is InChI=1S/C16H30FN3O2/c1-16(2,3)14-12-13(4-6-20(14)15(21)22)19-10-8-18(7-5-17)9-11-19/h13-14H,4-12H2,1-3H3,(H,21,22). The molecule has 0 spiro atoms. The van der Waals surface area contributed by atoms with Crippen LogP contribution in [-0.2, 0) is 0 Å². The van der Waals surface area contributed by atoms with Crippen LogP contribution in [0.2, 0.25) is 0 Å². The van der Waals surface area contributed by atoms with E-state index in [-0.39, 0.29) is 18.1 Å². The summed E-state index contributed by atoms with van der Waals surface area (Å²) < 4.78 is 12.4. The lowest BCUT2D eigenvalue weighted by Gasteiger charge is -2.48. The van der Waals surface area contributed by atoms with Crippen molar-refractivity contribution in [3.63, 3.8) is 0 Å². The van der Waals surface area contributed by atoms with Crippen molar-refractivity contribution in [2.45, 2.75) is 45.7 Å². The number of hydrogen-bond donors (Lipinski definition) is 1. The van der Waals surface area contributed by atoms with Crippen LogP contribution < -0.4 is 0 Å². The average Bonchev–Trinajstić information content (AvgIpc) is 2.47. The maximum Gasteiger partial charge on any atom is 0.407 e. The van der Waals surface area contributed by atoms with Gasteiger partial charge in [-0.3, -0.25) is 9.80 Å². The number of piperidine rings is 1. The number of likely N-dealkylation sites (tertiary alicyclic amines) is 1. The van der Waals surface area contributed by atoms with E-state index in [9.17, 15) is 14.3 Å². The predicted octanol–water partition coefficient (Wildman–Crippen LogP) is 2.13. The maximum absolute atomic E-state index is 12.4. The molecule has 0 radical (unpaired) electrons. The monoisotopic (exact) mass is 315 g/mol. The lowest BCUT2D eigenvalue weighted by molar-refractivity contribution is 0.00487. The number of piperazine rings is 1. The molecule has 2 heterocycles. The second kappa shape index (κ2) is 7.13. The molecule has 2 atom stereocenters. The van der Waals surface area contributed by atoms with Crippen LogP contribution in [0.3, 0.4) is 0 Å². The van der Waals surface area contributed by atoms with Crippen molar-refractivity contribution in [3.05, 3.63) is 0 Å².